The van der Waals surface area contributed by atoms with Gasteiger partial charge in [-0.15, -0.1) is 0 Å². The minimum atomic E-state index is -0.933. The summed E-state index contributed by atoms with van der Waals surface area (Å²) < 4.78 is 0. The molecule has 3 unspecified atom stereocenters. The molecule has 0 amide bonds. The zero-order chi connectivity index (χ0) is 12.1. The normalized spacial score (nSPS) is 16.4. The standard InChI is InChI=1S/C13H18O3/c1-3-11(13(15)16)12(14)9(2)10-7-5-4-6-8-10/h4-9,11-12,14H,3H2,1-2H3,(H,15,16). The Morgan fingerprint density at radius 2 is 1.88 bits per heavy atom. The molecule has 0 aromatic heterocycles. The monoisotopic (exact) mass is 222 g/mol. The Bertz CT molecular complexity index is 334. The molecule has 1 rings (SSSR count). The van der Waals surface area contributed by atoms with E-state index in [1.165, 1.54) is 0 Å². The summed E-state index contributed by atoms with van der Waals surface area (Å²) in [7, 11) is 0. The molecule has 0 saturated carbocycles. The van der Waals surface area contributed by atoms with Crippen LogP contribution in [0.15, 0.2) is 30.3 Å². The summed E-state index contributed by atoms with van der Waals surface area (Å²) in [6.45, 7) is 3.63. The first-order chi connectivity index (χ1) is 7.57. The first-order valence-electron chi connectivity index (χ1n) is 5.53. The van der Waals surface area contributed by atoms with Crippen LogP contribution in [0.3, 0.4) is 0 Å². The molecule has 3 heteroatoms. The van der Waals surface area contributed by atoms with Gasteiger partial charge in [0.1, 0.15) is 0 Å². The van der Waals surface area contributed by atoms with E-state index in [2.05, 4.69) is 0 Å². The zero-order valence-corrected chi connectivity index (χ0v) is 9.63. The molecule has 3 atom stereocenters. The number of carboxylic acid groups (broad SMARTS) is 1. The molecule has 0 aliphatic rings. The Balaban J connectivity index is 2.81. The van der Waals surface area contributed by atoms with Crippen molar-refractivity contribution in [3.05, 3.63) is 35.9 Å². The van der Waals surface area contributed by atoms with E-state index in [1.807, 2.05) is 37.3 Å². The van der Waals surface area contributed by atoms with Crippen LogP contribution in [0.1, 0.15) is 31.7 Å². The summed E-state index contributed by atoms with van der Waals surface area (Å²) >= 11 is 0. The van der Waals surface area contributed by atoms with Crippen LogP contribution in [-0.2, 0) is 4.79 Å². The lowest BCUT2D eigenvalue weighted by Crippen LogP contribution is -2.31. The number of rotatable bonds is 5. The van der Waals surface area contributed by atoms with Gasteiger partial charge in [-0.05, 0) is 12.0 Å². The molecule has 1 aromatic rings. The van der Waals surface area contributed by atoms with E-state index in [0.29, 0.717) is 6.42 Å². The predicted octanol–water partition coefficient (Wildman–Crippen LogP) is 2.26. The van der Waals surface area contributed by atoms with Gasteiger partial charge in [0.25, 0.3) is 0 Å². The van der Waals surface area contributed by atoms with Gasteiger partial charge in [-0.1, -0.05) is 44.2 Å². The van der Waals surface area contributed by atoms with Gasteiger partial charge in [-0.25, -0.2) is 0 Å². The van der Waals surface area contributed by atoms with Gasteiger partial charge >= 0.3 is 5.97 Å². The predicted molar refractivity (Wildman–Crippen MR) is 62.3 cm³/mol. The average Bonchev–Trinajstić information content (AvgIpc) is 2.29. The first kappa shape index (κ1) is 12.7. The summed E-state index contributed by atoms with van der Waals surface area (Å²) in [6.07, 6.45) is -0.405. The molecule has 0 bridgehead atoms. The van der Waals surface area contributed by atoms with Crippen molar-refractivity contribution in [1.82, 2.24) is 0 Å². The second-order valence-corrected chi connectivity index (χ2v) is 4.04. The highest BCUT2D eigenvalue weighted by molar-refractivity contribution is 5.70. The van der Waals surface area contributed by atoms with E-state index in [1.54, 1.807) is 6.92 Å². The van der Waals surface area contributed by atoms with Crippen LogP contribution in [0, 0.1) is 5.92 Å². The summed E-state index contributed by atoms with van der Waals surface area (Å²) in [5.41, 5.74) is 0.967. The van der Waals surface area contributed by atoms with Crippen LogP contribution >= 0.6 is 0 Å². The molecular weight excluding hydrogens is 204 g/mol. The number of benzene rings is 1. The van der Waals surface area contributed by atoms with Gasteiger partial charge in [-0.3, -0.25) is 4.79 Å². The Labute approximate surface area is 95.7 Å². The van der Waals surface area contributed by atoms with Crippen LogP contribution in [0.2, 0.25) is 0 Å². The molecule has 0 radical (unpaired) electrons. The number of carbonyl (C=O) groups is 1. The van der Waals surface area contributed by atoms with E-state index < -0.39 is 18.0 Å². The highest BCUT2D eigenvalue weighted by atomic mass is 16.4. The lowest BCUT2D eigenvalue weighted by molar-refractivity contribution is -0.146. The minimum Gasteiger partial charge on any atom is -0.481 e. The smallest absolute Gasteiger partial charge is 0.309 e. The van der Waals surface area contributed by atoms with Crippen LogP contribution in [0.5, 0.6) is 0 Å². The van der Waals surface area contributed by atoms with Crippen molar-refractivity contribution >= 4 is 5.97 Å². The third kappa shape index (κ3) is 2.83. The first-order valence-corrected chi connectivity index (χ1v) is 5.53. The molecule has 0 aliphatic heterocycles. The molecule has 0 saturated heterocycles. The molecule has 88 valence electrons. The van der Waals surface area contributed by atoms with Crippen molar-refractivity contribution in [3.63, 3.8) is 0 Å². The second-order valence-electron chi connectivity index (χ2n) is 4.04. The van der Waals surface area contributed by atoms with Crippen molar-refractivity contribution in [3.8, 4) is 0 Å². The number of hydrogen-bond donors (Lipinski definition) is 2. The SMILES string of the molecule is CCC(C(=O)O)C(O)C(C)c1ccccc1. The Morgan fingerprint density at radius 1 is 1.31 bits per heavy atom. The highest BCUT2D eigenvalue weighted by Crippen LogP contribution is 2.25. The maximum absolute atomic E-state index is 10.9. The quantitative estimate of drug-likeness (QED) is 0.803. The largest absolute Gasteiger partial charge is 0.481 e. The number of aliphatic carboxylic acids is 1. The zero-order valence-electron chi connectivity index (χ0n) is 9.63. The molecule has 2 N–H and O–H groups in total. The summed E-state index contributed by atoms with van der Waals surface area (Å²) in [4.78, 5) is 10.9. The Hall–Kier alpha value is -1.35. The lowest BCUT2D eigenvalue weighted by Gasteiger charge is -2.24. The number of hydrogen-bond acceptors (Lipinski definition) is 2. The third-order valence-electron chi connectivity index (χ3n) is 3.01. The van der Waals surface area contributed by atoms with Crippen LogP contribution < -0.4 is 0 Å². The fraction of sp³-hybridized carbons (Fsp3) is 0.462. The lowest BCUT2D eigenvalue weighted by atomic mass is 9.86. The fourth-order valence-electron chi connectivity index (χ4n) is 1.86. The van der Waals surface area contributed by atoms with Gasteiger partial charge < -0.3 is 10.2 Å². The summed E-state index contributed by atoms with van der Waals surface area (Å²) in [5, 5.41) is 19.0. The average molecular weight is 222 g/mol. The van der Waals surface area contributed by atoms with E-state index in [4.69, 9.17) is 5.11 Å². The molecule has 16 heavy (non-hydrogen) atoms. The van der Waals surface area contributed by atoms with Crippen LogP contribution in [0.4, 0.5) is 0 Å². The van der Waals surface area contributed by atoms with Crippen molar-refractivity contribution in [1.29, 1.82) is 0 Å². The van der Waals surface area contributed by atoms with Crippen LogP contribution in [-0.4, -0.2) is 22.3 Å². The molecule has 1 aromatic carbocycles. The summed E-state index contributed by atoms with van der Waals surface area (Å²) in [6, 6.07) is 9.49. The van der Waals surface area contributed by atoms with Crippen LogP contribution in [0.25, 0.3) is 0 Å². The van der Waals surface area contributed by atoms with E-state index in [9.17, 15) is 9.90 Å². The van der Waals surface area contributed by atoms with Gasteiger partial charge in [0, 0.05) is 5.92 Å². The maximum Gasteiger partial charge on any atom is 0.309 e. The molecule has 0 fully saturated rings. The fourth-order valence-corrected chi connectivity index (χ4v) is 1.86. The topological polar surface area (TPSA) is 57.5 Å². The molecule has 0 heterocycles. The number of aliphatic hydroxyl groups excluding tert-OH is 1. The molecule has 0 aliphatic carbocycles. The van der Waals surface area contributed by atoms with Gasteiger partial charge in [0.2, 0.25) is 0 Å². The van der Waals surface area contributed by atoms with Gasteiger partial charge in [-0.2, -0.15) is 0 Å². The Kier molecular flexibility index (Phi) is 4.50. The van der Waals surface area contributed by atoms with E-state index >= 15 is 0 Å². The van der Waals surface area contributed by atoms with Gasteiger partial charge in [0.05, 0.1) is 12.0 Å². The maximum atomic E-state index is 10.9. The molecular formula is C13H18O3. The van der Waals surface area contributed by atoms with E-state index in [-0.39, 0.29) is 5.92 Å². The van der Waals surface area contributed by atoms with Crippen molar-refractivity contribution in [2.45, 2.75) is 32.3 Å². The third-order valence-corrected chi connectivity index (χ3v) is 3.01. The molecule has 3 nitrogen and oxygen atoms in total. The summed E-state index contributed by atoms with van der Waals surface area (Å²) in [5.74, 6) is -1.80. The minimum absolute atomic E-state index is 0.165. The van der Waals surface area contributed by atoms with Gasteiger partial charge in [0.15, 0.2) is 0 Å². The second kappa shape index (κ2) is 5.66. The molecule has 0 spiro atoms. The highest BCUT2D eigenvalue weighted by Gasteiger charge is 2.29. The van der Waals surface area contributed by atoms with Crippen molar-refractivity contribution in [2.75, 3.05) is 0 Å². The van der Waals surface area contributed by atoms with E-state index in [0.717, 1.165) is 5.56 Å². The van der Waals surface area contributed by atoms with Crippen molar-refractivity contribution in [2.24, 2.45) is 5.92 Å². The van der Waals surface area contributed by atoms with Crippen molar-refractivity contribution < 1.29 is 15.0 Å². The number of carboxylic acids is 1. The number of aliphatic hydroxyl groups is 1. The Morgan fingerprint density at radius 3 is 2.31 bits per heavy atom.